The van der Waals surface area contributed by atoms with Gasteiger partial charge in [-0.3, -0.25) is 4.79 Å². The fraction of sp³-hybridized carbons (Fsp3) is 0.682. The van der Waals surface area contributed by atoms with Gasteiger partial charge in [0.2, 0.25) is 5.91 Å². The Bertz CT molecular complexity index is 653. The number of aryl methyl sites for hydroxylation is 1. The van der Waals surface area contributed by atoms with Crippen LogP contribution in [0.25, 0.3) is 0 Å². The number of amides is 1. The summed E-state index contributed by atoms with van der Waals surface area (Å²) in [5.74, 6) is 2.26. The number of morpholine rings is 1. The van der Waals surface area contributed by atoms with Crippen molar-refractivity contribution in [2.45, 2.75) is 69.9 Å². The SMILES string of the molecule is COc1ccc(C(CC(=O)N2CCOC3CCCCC32)C2CC2)cc1C. The first kappa shape index (κ1) is 17.8. The van der Waals surface area contributed by atoms with Crippen molar-refractivity contribution in [1.82, 2.24) is 4.90 Å². The molecule has 4 rings (SSSR count). The summed E-state index contributed by atoms with van der Waals surface area (Å²) in [7, 11) is 1.71. The molecule has 3 atom stereocenters. The van der Waals surface area contributed by atoms with Crippen LogP contribution >= 0.6 is 0 Å². The summed E-state index contributed by atoms with van der Waals surface area (Å²) in [5, 5.41) is 0. The molecule has 1 amide bonds. The molecule has 26 heavy (non-hydrogen) atoms. The zero-order valence-corrected chi connectivity index (χ0v) is 16.1. The number of rotatable bonds is 5. The molecule has 1 aromatic rings. The van der Waals surface area contributed by atoms with E-state index in [0.717, 1.165) is 30.7 Å². The van der Waals surface area contributed by atoms with Crippen LogP contribution in [0, 0.1) is 12.8 Å². The van der Waals surface area contributed by atoms with Crippen molar-refractivity contribution in [2.75, 3.05) is 20.3 Å². The predicted octanol–water partition coefficient (Wildman–Crippen LogP) is 4.06. The van der Waals surface area contributed by atoms with Crippen molar-refractivity contribution < 1.29 is 14.3 Å². The van der Waals surface area contributed by atoms with Crippen LogP contribution in [0.2, 0.25) is 0 Å². The maximum atomic E-state index is 13.2. The van der Waals surface area contributed by atoms with Crippen LogP contribution in [0.15, 0.2) is 18.2 Å². The van der Waals surface area contributed by atoms with E-state index in [2.05, 4.69) is 30.0 Å². The first-order chi connectivity index (χ1) is 12.7. The van der Waals surface area contributed by atoms with Crippen molar-refractivity contribution in [1.29, 1.82) is 0 Å². The van der Waals surface area contributed by atoms with Crippen molar-refractivity contribution in [3.05, 3.63) is 29.3 Å². The molecule has 4 nitrogen and oxygen atoms in total. The van der Waals surface area contributed by atoms with Crippen molar-refractivity contribution in [3.8, 4) is 5.75 Å². The number of fused-ring (bicyclic) bond motifs is 1. The topological polar surface area (TPSA) is 38.8 Å². The molecule has 1 saturated heterocycles. The standard InChI is InChI=1S/C22H31NO3/c1-15-13-17(9-10-20(15)25-2)18(16-7-8-16)14-22(24)23-11-12-26-21-6-4-3-5-19(21)23/h9-10,13,16,18-19,21H,3-8,11-12,14H2,1-2H3. The second-order valence-electron chi connectivity index (χ2n) is 8.23. The van der Waals surface area contributed by atoms with E-state index in [1.165, 1.54) is 31.2 Å². The highest BCUT2D eigenvalue weighted by atomic mass is 16.5. The Kier molecular flexibility index (Phi) is 5.21. The highest BCUT2D eigenvalue weighted by Crippen LogP contribution is 2.45. The molecule has 4 heteroatoms. The molecule has 0 N–H and O–H groups in total. The highest BCUT2D eigenvalue weighted by molar-refractivity contribution is 5.78. The lowest BCUT2D eigenvalue weighted by atomic mass is 9.87. The number of carbonyl (C=O) groups is 1. The van der Waals surface area contributed by atoms with Crippen molar-refractivity contribution >= 4 is 5.91 Å². The van der Waals surface area contributed by atoms with E-state index in [1.807, 2.05) is 0 Å². The molecule has 3 unspecified atom stereocenters. The maximum Gasteiger partial charge on any atom is 0.223 e. The van der Waals surface area contributed by atoms with Gasteiger partial charge in [0.1, 0.15) is 5.75 Å². The highest BCUT2D eigenvalue weighted by Gasteiger charge is 2.39. The van der Waals surface area contributed by atoms with E-state index in [1.54, 1.807) is 7.11 Å². The maximum absolute atomic E-state index is 13.2. The molecule has 1 aromatic carbocycles. The van der Waals surface area contributed by atoms with Gasteiger partial charge in [-0.2, -0.15) is 0 Å². The second-order valence-corrected chi connectivity index (χ2v) is 8.23. The predicted molar refractivity (Wildman–Crippen MR) is 102 cm³/mol. The fourth-order valence-electron chi connectivity index (χ4n) is 4.90. The molecule has 0 bridgehead atoms. The smallest absolute Gasteiger partial charge is 0.223 e. The lowest BCUT2D eigenvalue weighted by molar-refractivity contribution is -0.150. The van der Waals surface area contributed by atoms with E-state index in [0.29, 0.717) is 36.8 Å². The normalized spacial score (nSPS) is 26.9. The van der Waals surface area contributed by atoms with Gasteiger partial charge in [0.15, 0.2) is 0 Å². The first-order valence-electron chi connectivity index (χ1n) is 10.2. The molecule has 2 aliphatic carbocycles. The van der Waals surface area contributed by atoms with Crippen LogP contribution in [0.3, 0.4) is 0 Å². The lowest BCUT2D eigenvalue weighted by Gasteiger charge is -2.44. The molecule has 0 spiro atoms. The van der Waals surface area contributed by atoms with E-state index in [9.17, 15) is 4.79 Å². The number of nitrogens with zero attached hydrogens (tertiary/aromatic N) is 1. The number of carbonyl (C=O) groups excluding carboxylic acids is 1. The lowest BCUT2D eigenvalue weighted by Crippen LogP contribution is -2.55. The third-order valence-electron chi connectivity index (χ3n) is 6.49. The van der Waals surface area contributed by atoms with Crippen molar-refractivity contribution in [2.24, 2.45) is 5.92 Å². The Morgan fingerprint density at radius 3 is 2.81 bits per heavy atom. The Morgan fingerprint density at radius 1 is 1.27 bits per heavy atom. The van der Waals surface area contributed by atoms with Crippen LogP contribution in [-0.4, -0.2) is 43.2 Å². The largest absolute Gasteiger partial charge is 0.496 e. The van der Waals surface area contributed by atoms with E-state index < -0.39 is 0 Å². The Labute approximate surface area is 156 Å². The molecule has 1 heterocycles. The Morgan fingerprint density at radius 2 is 2.08 bits per heavy atom. The molecule has 142 valence electrons. The number of hydrogen-bond donors (Lipinski definition) is 0. The zero-order valence-electron chi connectivity index (χ0n) is 16.1. The van der Waals surface area contributed by atoms with Crippen LogP contribution in [-0.2, 0) is 9.53 Å². The van der Waals surface area contributed by atoms with Gasteiger partial charge in [-0.1, -0.05) is 25.0 Å². The molecular formula is C22H31NO3. The van der Waals surface area contributed by atoms with Gasteiger partial charge >= 0.3 is 0 Å². The van der Waals surface area contributed by atoms with E-state index in [4.69, 9.17) is 9.47 Å². The summed E-state index contributed by atoms with van der Waals surface area (Å²) in [4.78, 5) is 15.4. The Balaban J connectivity index is 1.49. The van der Waals surface area contributed by atoms with Crippen LogP contribution in [0.1, 0.15) is 62.0 Å². The molecule has 2 saturated carbocycles. The number of ether oxygens (including phenoxy) is 2. The first-order valence-corrected chi connectivity index (χ1v) is 10.2. The minimum atomic E-state index is 0.268. The summed E-state index contributed by atoms with van der Waals surface area (Å²) >= 11 is 0. The molecule has 3 aliphatic rings. The van der Waals surface area contributed by atoms with Gasteiger partial charge in [0.25, 0.3) is 0 Å². The van der Waals surface area contributed by atoms with Gasteiger partial charge in [-0.05, 0) is 61.6 Å². The summed E-state index contributed by atoms with van der Waals surface area (Å²) in [6.45, 7) is 3.55. The van der Waals surface area contributed by atoms with Gasteiger partial charge in [0, 0.05) is 13.0 Å². The number of hydrogen-bond acceptors (Lipinski definition) is 3. The average molecular weight is 357 g/mol. The zero-order chi connectivity index (χ0) is 18.1. The van der Waals surface area contributed by atoms with Gasteiger partial charge in [0.05, 0.1) is 25.9 Å². The minimum absolute atomic E-state index is 0.268. The average Bonchev–Trinajstić information content (AvgIpc) is 3.50. The summed E-state index contributed by atoms with van der Waals surface area (Å²) in [6, 6.07) is 6.74. The third kappa shape index (κ3) is 3.62. The molecule has 1 aliphatic heterocycles. The van der Waals surface area contributed by atoms with E-state index >= 15 is 0 Å². The second kappa shape index (κ2) is 7.59. The van der Waals surface area contributed by atoms with Gasteiger partial charge < -0.3 is 14.4 Å². The molecule has 0 aromatic heterocycles. The van der Waals surface area contributed by atoms with Gasteiger partial charge in [-0.25, -0.2) is 0 Å². The molecular weight excluding hydrogens is 326 g/mol. The fourth-order valence-corrected chi connectivity index (χ4v) is 4.90. The molecule has 0 radical (unpaired) electrons. The summed E-state index contributed by atoms with van der Waals surface area (Å²) in [6.07, 6.45) is 8.07. The molecule has 3 fully saturated rings. The quantitative estimate of drug-likeness (QED) is 0.798. The number of benzene rings is 1. The monoisotopic (exact) mass is 357 g/mol. The summed E-state index contributed by atoms with van der Waals surface area (Å²) < 4.78 is 11.3. The third-order valence-corrected chi connectivity index (χ3v) is 6.49. The Hall–Kier alpha value is -1.55. The van der Waals surface area contributed by atoms with Gasteiger partial charge in [-0.15, -0.1) is 0 Å². The minimum Gasteiger partial charge on any atom is -0.496 e. The van der Waals surface area contributed by atoms with E-state index in [-0.39, 0.29) is 6.10 Å². The summed E-state index contributed by atoms with van der Waals surface area (Å²) in [5.41, 5.74) is 2.45. The van der Waals surface area contributed by atoms with Crippen molar-refractivity contribution in [3.63, 3.8) is 0 Å². The van der Waals surface area contributed by atoms with Crippen LogP contribution in [0.5, 0.6) is 5.75 Å². The van der Waals surface area contributed by atoms with Crippen LogP contribution < -0.4 is 4.74 Å². The van der Waals surface area contributed by atoms with Crippen LogP contribution in [0.4, 0.5) is 0 Å². The number of methoxy groups -OCH3 is 1.